The quantitative estimate of drug-likeness (QED) is 0.919. The first kappa shape index (κ1) is 13.2. The van der Waals surface area contributed by atoms with Crippen LogP contribution in [0.5, 0.6) is 0 Å². The Labute approximate surface area is 110 Å². The molecule has 0 atom stereocenters. The second-order valence-electron chi connectivity index (χ2n) is 3.94. The van der Waals surface area contributed by atoms with Gasteiger partial charge in [0.1, 0.15) is 0 Å². The van der Waals surface area contributed by atoms with E-state index in [1.165, 1.54) is 12.3 Å². The first-order valence-electron chi connectivity index (χ1n) is 5.69. The number of halogens is 1. The molecule has 0 bridgehead atoms. The molecule has 1 aromatic heterocycles. The molecule has 1 aromatic carbocycles. The highest BCUT2D eigenvalue weighted by Crippen LogP contribution is 2.14. The normalized spacial score (nSPS) is 10.2. The highest BCUT2D eigenvalue weighted by molar-refractivity contribution is 6.04. The van der Waals surface area contributed by atoms with Gasteiger partial charge in [-0.15, -0.1) is 0 Å². The third kappa shape index (κ3) is 3.35. The molecule has 0 saturated heterocycles. The fourth-order valence-corrected chi connectivity index (χ4v) is 1.66. The number of carbonyl (C=O) groups excluding carboxylic acids is 1. The standard InChI is InChI=1S/C14H13FN2O2/c1-19-9-10-3-2-4-11(7-10)17-14(18)12-5-6-16-8-13(12)15/h2-8H,9H2,1H3,(H,17,18). The zero-order valence-electron chi connectivity index (χ0n) is 10.4. The number of aromatic nitrogens is 1. The van der Waals surface area contributed by atoms with E-state index in [4.69, 9.17) is 4.74 Å². The first-order valence-corrected chi connectivity index (χ1v) is 5.69. The fourth-order valence-electron chi connectivity index (χ4n) is 1.66. The number of hydrogen-bond acceptors (Lipinski definition) is 3. The van der Waals surface area contributed by atoms with Gasteiger partial charge in [0.25, 0.3) is 5.91 Å². The zero-order chi connectivity index (χ0) is 13.7. The summed E-state index contributed by atoms with van der Waals surface area (Å²) in [5.74, 6) is -1.15. The molecule has 0 spiro atoms. The van der Waals surface area contributed by atoms with E-state index in [2.05, 4.69) is 10.3 Å². The van der Waals surface area contributed by atoms with Crippen LogP contribution >= 0.6 is 0 Å². The molecule has 2 rings (SSSR count). The largest absolute Gasteiger partial charge is 0.380 e. The zero-order valence-corrected chi connectivity index (χ0v) is 10.4. The third-order valence-corrected chi connectivity index (χ3v) is 2.51. The molecule has 19 heavy (non-hydrogen) atoms. The summed E-state index contributed by atoms with van der Waals surface area (Å²) in [5.41, 5.74) is 1.48. The van der Waals surface area contributed by atoms with E-state index in [1.54, 1.807) is 25.3 Å². The van der Waals surface area contributed by atoms with Gasteiger partial charge in [0.05, 0.1) is 18.4 Å². The van der Waals surface area contributed by atoms with Gasteiger partial charge in [0.2, 0.25) is 0 Å². The second kappa shape index (κ2) is 6.06. The van der Waals surface area contributed by atoms with E-state index in [0.29, 0.717) is 12.3 Å². The minimum atomic E-state index is -0.645. The van der Waals surface area contributed by atoms with E-state index >= 15 is 0 Å². The number of nitrogens with one attached hydrogen (secondary N) is 1. The molecule has 0 aliphatic heterocycles. The van der Waals surface area contributed by atoms with Crippen molar-refractivity contribution >= 4 is 11.6 Å². The summed E-state index contributed by atoms with van der Waals surface area (Å²) in [6.07, 6.45) is 2.38. The molecule has 0 saturated carbocycles. The van der Waals surface area contributed by atoms with Crippen molar-refractivity contribution in [2.45, 2.75) is 6.61 Å². The predicted molar refractivity (Wildman–Crippen MR) is 69.3 cm³/mol. The maximum Gasteiger partial charge on any atom is 0.258 e. The maximum absolute atomic E-state index is 13.4. The van der Waals surface area contributed by atoms with E-state index in [-0.39, 0.29) is 5.56 Å². The van der Waals surface area contributed by atoms with Gasteiger partial charge >= 0.3 is 0 Å². The predicted octanol–water partition coefficient (Wildman–Crippen LogP) is 2.62. The molecule has 2 aromatic rings. The number of hydrogen-bond donors (Lipinski definition) is 1. The number of benzene rings is 1. The first-order chi connectivity index (χ1) is 9.20. The average molecular weight is 260 g/mol. The Morgan fingerprint density at radius 1 is 1.42 bits per heavy atom. The molecule has 5 heteroatoms. The van der Waals surface area contributed by atoms with Crippen molar-refractivity contribution in [2.75, 3.05) is 12.4 Å². The molecule has 0 fully saturated rings. The molecule has 4 nitrogen and oxygen atoms in total. The van der Waals surface area contributed by atoms with Crippen molar-refractivity contribution in [1.82, 2.24) is 4.98 Å². The van der Waals surface area contributed by atoms with Crippen LogP contribution in [0.2, 0.25) is 0 Å². The molecule has 0 radical (unpaired) electrons. The Morgan fingerprint density at radius 3 is 3.00 bits per heavy atom. The second-order valence-corrected chi connectivity index (χ2v) is 3.94. The Morgan fingerprint density at radius 2 is 2.26 bits per heavy atom. The van der Waals surface area contributed by atoms with E-state index in [1.807, 2.05) is 6.07 Å². The Kier molecular flexibility index (Phi) is 4.20. The van der Waals surface area contributed by atoms with Gasteiger partial charge in [-0.05, 0) is 23.8 Å². The number of rotatable bonds is 4. The van der Waals surface area contributed by atoms with Crippen molar-refractivity contribution in [3.63, 3.8) is 0 Å². The number of pyridine rings is 1. The summed E-state index contributed by atoms with van der Waals surface area (Å²) < 4.78 is 18.4. The van der Waals surface area contributed by atoms with Crippen LogP contribution in [0.1, 0.15) is 15.9 Å². The van der Waals surface area contributed by atoms with Gasteiger partial charge in [-0.1, -0.05) is 12.1 Å². The maximum atomic E-state index is 13.4. The van der Waals surface area contributed by atoms with Crippen molar-refractivity contribution in [1.29, 1.82) is 0 Å². The molecule has 0 aliphatic carbocycles. The van der Waals surface area contributed by atoms with Gasteiger partial charge < -0.3 is 10.1 Å². The lowest BCUT2D eigenvalue weighted by Crippen LogP contribution is -2.14. The molecule has 98 valence electrons. The average Bonchev–Trinajstić information content (AvgIpc) is 2.40. The van der Waals surface area contributed by atoms with Crippen molar-refractivity contribution in [2.24, 2.45) is 0 Å². The van der Waals surface area contributed by atoms with Crippen molar-refractivity contribution < 1.29 is 13.9 Å². The fraction of sp³-hybridized carbons (Fsp3) is 0.143. The Bertz CT molecular complexity index is 587. The van der Waals surface area contributed by atoms with Crippen LogP contribution in [-0.4, -0.2) is 18.0 Å². The number of methoxy groups -OCH3 is 1. The van der Waals surface area contributed by atoms with E-state index in [0.717, 1.165) is 11.8 Å². The van der Waals surface area contributed by atoms with Crippen LogP contribution in [0, 0.1) is 5.82 Å². The number of amides is 1. The summed E-state index contributed by atoms with van der Waals surface area (Å²) >= 11 is 0. The van der Waals surface area contributed by atoms with Gasteiger partial charge in [-0.2, -0.15) is 0 Å². The minimum absolute atomic E-state index is 0.0351. The van der Waals surface area contributed by atoms with Crippen LogP contribution < -0.4 is 5.32 Å². The topological polar surface area (TPSA) is 51.2 Å². The smallest absolute Gasteiger partial charge is 0.258 e. The summed E-state index contributed by atoms with van der Waals surface area (Å²) in [7, 11) is 1.59. The summed E-state index contributed by atoms with van der Waals surface area (Å²) in [6.45, 7) is 0.452. The highest BCUT2D eigenvalue weighted by atomic mass is 19.1. The van der Waals surface area contributed by atoms with Gasteiger partial charge in [0.15, 0.2) is 5.82 Å². The lowest BCUT2D eigenvalue weighted by Gasteiger charge is -2.07. The number of nitrogens with zero attached hydrogens (tertiary/aromatic N) is 1. The number of ether oxygens (including phenoxy) is 1. The molecule has 1 amide bonds. The van der Waals surface area contributed by atoms with Gasteiger partial charge in [0, 0.05) is 19.0 Å². The van der Waals surface area contributed by atoms with Crippen LogP contribution in [0.3, 0.4) is 0 Å². The molecular weight excluding hydrogens is 247 g/mol. The Hall–Kier alpha value is -2.27. The van der Waals surface area contributed by atoms with Crippen LogP contribution in [0.15, 0.2) is 42.7 Å². The number of carbonyl (C=O) groups is 1. The van der Waals surface area contributed by atoms with Crippen LogP contribution in [0.25, 0.3) is 0 Å². The minimum Gasteiger partial charge on any atom is -0.380 e. The molecule has 0 unspecified atom stereocenters. The monoisotopic (exact) mass is 260 g/mol. The molecule has 0 aliphatic rings. The lowest BCUT2D eigenvalue weighted by molar-refractivity contribution is 0.102. The highest BCUT2D eigenvalue weighted by Gasteiger charge is 2.11. The summed E-state index contributed by atoms with van der Waals surface area (Å²) in [4.78, 5) is 15.5. The third-order valence-electron chi connectivity index (χ3n) is 2.51. The van der Waals surface area contributed by atoms with Gasteiger partial charge in [-0.25, -0.2) is 4.39 Å². The van der Waals surface area contributed by atoms with Crippen molar-refractivity contribution in [3.8, 4) is 0 Å². The summed E-state index contributed by atoms with van der Waals surface area (Å²) in [6, 6.07) is 8.53. The van der Waals surface area contributed by atoms with E-state index in [9.17, 15) is 9.18 Å². The molecular formula is C14H13FN2O2. The summed E-state index contributed by atoms with van der Waals surface area (Å²) in [5, 5.41) is 2.64. The Balaban J connectivity index is 2.15. The van der Waals surface area contributed by atoms with E-state index < -0.39 is 11.7 Å². The van der Waals surface area contributed by atoms with Gasteiger partial charge in [-0.3, -0.25) is 9.78 Å². The van der Waals surface area contributed by atoms with Crippen LogP contribution in [-0.2, 0) is 11.3 Å². The molecule has 1 N–H and O–H groups in total. The van der Waals surface area contributed by atoms with Crippen molar-refractivity contribution in [3.05, 3.63) is 59.7 Å². The van der Waals surface area contributed by atoms with Crippen LogP contribution in [0.4, 0.5) is 10.1 Å². The molecule has 1 heterocycles. The lowest BCUT2D eigenvalue weighted by atomic mass is 10.2. The number of anilines is 1. The SMILES string of the molecule is COCc1cccc(NC(=O)c2ccncc2F)c1.